The van der Waals surface area contributed by atoms with E-state index < -0.39 is 5.60 Å². The molecule has 2 nitrogen and oxygen atoms in total. The molecule has 0 saturated heterocycles. The van der Waals surface area contributed by atoms with Crippen molar-refractivity contribution < 1.29 is 9.53 Å². The van der Waals surface area contributed by atoms with Crippen LogP contribution in [0.4, 0.5) is 0 Å². The van der Waals surface area contributed by atoms with E-state index in [1.54, 1.807) is 12.1 Å². The van der Waals surface area contributed by atoms with E-state index in [1.165, 1.54) is 12.3 Å². The van der Waals surface area contributed by atoms with Crippen LogP contribution in [0, 0.1) is 0 Å². The molecular formula is C12H10Cl2O2. The number of rotatable bonds is 1. The third-order valence-electron chi connectivity index (χ3n) is 2.61. The summed E-state index contributed by atoms with van der Waals surface area (Å²) in [6, 6.07) is 5.32. The first kappa shape index (κ1) is 11.5. The Balaban J connectivity index is 2.47. The molecule has 1 aliphatic rings. The van der Waals surface area contributed by atoms with Gasteiger partial charge in [-0.15, -0.1) is 0 Å². The molecule has 2 rings (SSSR count). The average molecular weight is 257 g/mol. The Morgan fingerprint density at radius 3 is 2.81 bits per heavy atom. The Morgan fingerprint density at radius 2 is 2.12 bits per heavy atom. The van der Waals surface area contributed by atoms with Gasteiger partial charge in [-0.1, -0.05) is 35.3 Å². The Bertz CT molecular complexity index is 468. The molecule has 0 aromatic heterocycles. The third-order valence-corrected chi connectivity index (χ3v) is 3.43. The van der Waals surface area contributed by atoms with Crippen LogP contribution in [-0.2, 0) is 15.1 Å². The summed E-state index contributed by atoms with van der Waals surface area (Å²) in [4.78, 5) is 11.4. The molecule has 0 amide bonds. The van der Waals surface area contributed by atoms with Crippen LogP contribution in [0.25, 0.3) is 0 Å². The zero-order valence-corrected chi connectivity index (χ0v) is 10.2. The maximum absolute atomic E-state index is 11.4. The number of hydrogen-bond acceptors (Lipinski definition) is 2. The summed E-state index contributed by atoms with van der Waals surface area (Å²) in [5.41, 5.74) is 0.00717. The molecule has 0 aliphatic carbocycles. The van der Waals surface area contributed by atoms with Gasteiger partial charge in [0.15, 0.2) is 5.78 Å². The van der Waals surface area contributed by atoms with Crippen molar-refractivity contribution in [3.05, 3.63) is 46.1 Å². The number of halogens is 2. The molecule has 0 radical (unpaired) electrons. The van der Waals surface area contributed by atoms with Gasteiger partial charge in [0, 0.05) is 11.6 Å². The minimum atomic E-state index is -0.728. The lowest BCUT2D eigenvalue weighted by atomic mass is 9.89. The first-order chi connectivity index (χ1) is 7.53. The van der Waals surface area contributed by atoms with Crippen LogP contribution in [0.2, 0.25) is 10.0 Å². The molecule has 1 aromatic rings. The molecule has 0 spiro atoms. The molecule has 1 unspecified atom stereocenters. The summed E-state index contributed by atoms with van der Waals surface area (Å²) >= 11 is 12.1. The topological polar surface area (TPSA) is 26.3 Å². The maximum Gasteiger partial charge on any atom is 0.163 e. The molecule has 1 heterocycles. The van der Waals surface area contributed by atoms with Crippen LogP contribution in [0.15, 0.2) is 30.5 Å². The first-order valence-electron chi connectivity index (χ1n) is 4.85. The molecule has 1 atom stereocenters. The molecule has 0 N–H and O–H groups in total. The number of allylic oxidation sites excluding steroid dienone is 1. The highest BCUT2D eigenvalue weighted by Gasteiger charge is 2.34. The molecule has 1 aliphatic heterocycles. The van der Waals surface area contributed by atoms with Gasteiger partial charge < -0.3 is 4.74 Å². The van der Waals surface area contributed by atoms with Gasteiger partial charge in [0.2, 0.25) is 0 Å². The van der Waals surface area contributed by atoms with Gasteiger partial charge in [-0.3, -0.25) is 4.79 Å². The monoisotopic (exact) mass is 256 g/mol. The number of benzene rings is 1. The van der Waals surface area contributed by atoms with Crippen molar-refractivity contribution >= 4 is 29.0 Å². The number of hydrogen-bond donors (Lipinski definition) is 0. The van der Waals surface area contributed by atoms with Crippen LogP contribution < -0.4 is 0 Å². The van der Waals surface area contributed by atoms with Crippen LogP contribution >= 0.6 is 23.2 Å². The van der Waals surface area contributed by atoms with Gasteiger partial charge in [-0.2, -0.15) is 0 Å². The Morgan fingerprint density at radius 1 is 1.38 bits per heavy atom. The highest BCUT2D eigenvalue weighted by atomic mass is 35.5. The van der Waals surface area contributed by atoms with E-state index in [0.29, 0.717) is 10.0 Å². The molecule has 0 fully saturated rings. The van der Waals surface area contributed by atoms with E-state index >= 15 is 0 Å². The predicted molar refractivity (Wildman–Crippen MR) is 63.7 cm³/mol. The van der Waals surface area contributed by atoms with Crippen LogP contribution in [0.3, 0.4) is 0 Å². The van der Waals surface area contributed by atoms with E-state index in [9.17, 15) is 4.79 Å². The fraction of sp³-hybridized carbons (Fsp3) is 0.250. The second kappa shape index (κ2) is 4.11. The van der Waals surface area contributed by atoms with E-state index in [-0.39, 0.29) is 12.2 Å². The zero-order valence-electron chi connectivity index (χ0n) is 8.67. The smallest absolute Gasteiger partial charge is 0.163 e. The molecule has 0 bridgehead atoms. The fourth-order valence-corrected chi connectivity index (χ4v) is 2.26. The van der Waals surface area contributed by atoms with Crippen molar-refractivity contribution in [3.63, 3.8) is 0 Å². The number of carbonyl (C=O) groups excluding carboxylic acids is 1. The van der Waals surface area contributed by atoms with Gasteiger partial charge in [0.25, 0.3) is 0 Å². The van der Waals surface area contributed by atoms with Gasteiger partial charge in [0.05, 0.1) is 22.7 Å². The summed E-state index contributed by atoms with van der Waals surface area (Å²) in [5.74, 6) is 0.0183. The van der Waals surface area contributed by atoms with Gasteiger partial charge >= 0.3 is 0 Å². The highest BCUT2D eigenvalue weighted by Crippen LogP contribution is 2.39. The Hall–Kier alpha value is -0.990. The minimum Gasteiger partial charge on any atom is -0.490 e. The number of ketones is 1. The zero-order chi connectivity index (χ0) is 11.8. The fourth-order valence-electron chi connectivity index (χ4n) is 1.76. The van der Waals surface area contributed by atoms with Crippen LogP contribution in [0.5, 0.6) is 0 Å². The van der Waals surface area contributed by atoms with Crippen molar-refractivity contribution in [1.82, 2.24) is 0 Å². The average Bonchev–Trinajstić information content (AvgIpc) is 2.21. The molecule has 16 heavy (non-hydrogen) atoms. The van der Waals surface area contributed by atoms with Gasteiger partial charge in [-0.05, 0) is 13.0 Å². The SMILES string of the molecule is CC1(c2cccc(Cl)c2Cl)CC(=O)C=CO1. The molecular weight excluding hydrogens is 247 g/mol. The number of carbonyl (C=O) groups is 1. The lowest BCUT2D eigenvalue weighted by Gasteiger charge is -2.31. The minimum absolute atomic E-state index is 0.0183. The molecule has 4 heteroatoms. The van der Waals surface area contributed by atoms with Gasteiger partial charge in [0.1, 0.15) is 5.60 Å². The number of ether oxygens (including phenoxy) is 1. The van der Waals surface area contributed by atoms with Crippen molar-refractivity contribution in [1.29, 1.82) is 0 Å². The second-order valence-electron chi connectivity index (χ2n) is 3.90. The van der Waals surface area contributed by atoms with E-state index in [0.717, 1.165) is 5.56 Å². The third kappa shape index (κ3) is 1.95. The lowest BCUT2D eigenvalue weighted by Crippen LogP contribution is -2.30. The van der Waals surface area contributed by atoms with Crippen molar-refractivity contribution in [2.45, 2.75) is 18.9 Å². The van der Waals surface area contributed by atoms with Gasteiger partial charge in [-0.25, -0.2) is 0 Å². The van der Waals surface area contributed by atoms with Crippen LogP contribution in [0.1, 0.15) is 18.9 Å². The van der Waals surface area contributed by atoms with Crippen LogP contribution in [-0.4, -0.2) is 5.78 Å². The summed E-state index contributed by atoms with van der Waals surface area (Å²) in [7, 11) is 0. The summed E-state index contributed by atoms with van der Waals surface area (Å²) in [5, 5.41) is 0.903. The predicted octanol–water partition coefficient (Wildman–Crippen LogP) is 3.71. The van der Waals surface area contributed by atoms with Crippen molar-refractivity contribution in [3.8, 4) is 0 Å². The summed E-state index contributed by atoms with van der Waals surface area (Å²) in [6.45, 7) is 1.83. The van der Waals surface area contributed by atoms with Crippen molar-refractivity contribution in [2.24, 2.45) is 0 Å². The lowest BCUT2D eigenvalue weighted by molar-refractivity contribution is -0.122. The maximum atomic E-state index is 11.4. The van der Waals surface area contributed by atoms with Crippen molar-refractivity contribution in [2.75, 3.05) is 0 Å². The summed E-state index contributed by atoms with van der Waals surface area (Å²) in [6.07, 6.45) is 3.09. The quantitative estimate of drug-likeness (QED) is 0.766. The first-order valence-corrected chi connectivity index (χ1v) is 5.60. The Kier molecular flexibility index (Phi) is 2.96. The molecule has 0 saturated carbocycles. The standard InChI is InChI=1S/C12H10Cl2O2/c1-12(7-8(15)5-6-16-12)9-3-2-4-10(13)11(9)14/h2-6H,7H2,1H3. The Labute approximate surface area is 104 Å². The van der Waals surface area contributed by atoms with E-state index in [2.05, 4.69) is 0 Å². The normalized spacial score (nSPS) is 24.3. The molecule has 84 valence electrons. The second-order valence-corrected chi connectivity index (χ2v) is 4.68. The summed E-state index contributed by atoms with van der Waals surface area (Å²) < 4.78 is 5.51. The van der Waals surface area contributed by atoms with E-state index in [4.69, 9.17) is 27.9 Å². The van der Waals surface area contributed by atoms with E-state index in [1.807, 2.05) is 13.0 Å². The highest BCUT2D eigenvalue weighted by molar-refractivity contribution is 6.42. The largest absolute Gasteiger partial charge is 0.490 e. The molecule has 1 aromatic carbocycles.